The van der Waals surface area contributed by atoms with Gasteiger partial charge in [-0.3, -0.25) is 9.11 Å². The fourth-order valence-corrected chi connectivity index (χ4v) is 0.983. The summed E-state index contributed by atoms with van der Waals surface area (Å²) in [4.78, 5) is 0. The first-order valence-electron chi connectivity index (χ1n) is 3.85. The first-order chi connectivity index (χ1) is 5.79. The molecule has 1 rings (SSSR count). The first kappa shape index (κ1) is 12.8. The molecule has 1 aliphatic heterocycles. The van der Waals surface area contributed by atoms with Gasteiger partial charge in [-0.1, -0.05) is 0 Å². The van der Waals surface area contributed by atoms with Gasteiger partial charge in [-0.05, 0) is 13.8 Å². The normalized spacial score (nSPS) is 28.9. The zero-order valence-corrected chi connectivity index (χ0v) is 8.41. The summed E-state index contributed by atoms with van der Waals surface area (Å²) in [6.45, 7) is 6.18. The Balaban J connectivity index is 0.000000252. The quantitative estimate of drug-likeness (QED) is 0.479. The molecule has 0 aromatic rings. The number of hydrogen-bond donors (Lipinski definition) is 3. The fraction of sp³-hybridized carbons (Fsp3) is 1.00. The standard InChI is InChI=1S/C6H13NO.H2O4S/c1-5-3-7-4-6(2)8-5;1-5(2,3)4/h5-7H,3-4H2,1-2H3;(H2,1,2,3,4)/t5-,6-;/m0./s1. The van der Waals surface area contributed by atoms with E-state index in [1.54, 1.807) is 0 Å². The summed E-state index contributed by atoms with van der Waals surface area (Å²) in [6.07, 6.45) is 0.803. The van der Waals surface area contributed by atoms with Crippen LogP contribution in [0.1, 0.15) is 13.8 Å². The second kappa shape index (κ2) is 5.51. The van der Waals surface area contributed by atoms with E-state index in [0.717, 1.165) is 13.1 Å². The van der Waals surface area contributed by atoms with E-state index in [2.05, 4.69) is 19.2 Å². The molecule has 0 radical (unpaired) electrons. The maximum atomic E-state index is 8.74. The molecule has 6 nitrogen and oxygen atoms in total. The smallest absolute Gasteiger partial charge is 0.373 e. The minimum Gasteiger partial charge on any atom is -0.373 e. The molecule has 80 valence electrons. The van der Waals surface area contributed by atoms with Gasteiger partial charge >= 0.3 is 10.4 Å². The van der Waals surface area contributed by atoms with Crippen molar-refractivity contribution in [3.8, 4) is 0 Å². The number of ether oxygens (including phenoxy) is 1. The van der Waals surface area contributed by atoms with E-state index in [9.17, 15) is 0 Å². The average Bonchev–Trinajstić information content (AvgIpc) is 1.81. The molecule has 3 N–H and O–H groups in total. The SMILES string of the molecule is C[C@H]1CNC[C@H](C)O1.O=S(=O)(O)O. The van der Waals surface area contributed by atoms with E-state index in [1.165, 1.54) is 0 Å². The molecule has 0 aliphatic carbocycles. The molecular formula is C6H15NO5S. The first-order valence-corrected chi connectivity index (χ1v) is 5.25. The molecule has 0 spiro atoms. The Bertz CT molecular complexity index is 211. The Labute approximate surface area is 77.9 Å². The molecule has 13 heavy (non-hydrogen) atoms. The van der Waals surface area contributed by atoms with Gasteiger partial charge in [0.05, 0.1) is 12.2 Å². The van der Waals surface area contributed by atoms with Crippen molar-refractivity contribution < 1.29 is 22.3 Å². The zero-order valence-electron chi connectivity index (χ0n) is 7.60. The lowest BCUT2D eigenvalue weighted by Gasteiger charge is -2.25. The monoisotopic (exact) mass is 213 g/mol. The summed E-state index contributed by atoms with van der Waals surface area (Å²) in [5.41, 5.74) is 0. The van der Waals surface area contributed by atoms with Crippen molar-refractivity contribution in [1.82, 2.24) is 5.32 Å². The van der Waals surface area contributed by atoms with Crippen molar-refractivity contribution in [2.45, 2.75) is 26.1 Å². The molecule has 0 aromatic carbocycles. The van der Waals surface area contributed by atoms with Crippen LogP contribution in [-0.2, 0) is 15.1 Å². The molecule has 0 amide bonds. The van der Waals surface area contributed by atoms with Gasteiger partial charge in [0.25, 0.3) is 0 Å². The lowest BCUT2D eigenvalue weighted by molar-refractivity contribution is -0.0166. The topological polar surface area (TPSA) is 95.9 Å². The van der Waals surface area contributed by atoms with Crippen molar-refractivity contribution >= 4 is 10.4 Å². The van der Waals surface area contributed by atoms with Crippen molar-refractivity contribution in [1.29, 1.82) is 0 Å². The minimum atomic E-state index is -4.67. The lowest BCUT2D eigenvalue weighted by atomic mass is 10.3. The molecule has 1 aliphatic rings. The minimum absolute atomic E-state index is 0.402. The van der Waals surface area contributed by atoms with Crippen LogP contribution in [0.3, 0.4) is 0 Å². The zero-order chi connectivity index (χ0) is 10.5. The van der Waals surface area contributed by atoms with Crippen molar-refractivity contribution in [3.05, 3.63) is 0 Å². The van der Waals surface area contributed by atoms with Crippen LogP contribution in [0.25, 0.3) is 0 Å². The van der Waals surface area contributed by atoms with E-state index in [0.29, 0.717) is 12.2 Å². The highest BCUT2D eigenvalue weighted by Gasteiger charge is 2.12. The van der Waals surface area contributed by atoms with Crippen LogP contribution < -0.4 is 5.32 Å². The molecule has 0 saturated carbocycles. The number of nitrogens with one attached hydrogen (secondary N) is 1. The molecule has 0 aromatic heterocycles. The summed E-state index contributed by atoms with van der Waals surface area (Å²) in [7, 11) is -4.67. The van der Waals surface area contributed by atoms with Gasteiger partial charge in [0.2, 0.25) is 0 Å². The molecule has 0 unspecified atom stereocenters. The van der Waals surface area contributed by atoms with E-state index in [4.69, 9.17) is 22.3 Å². The summed E-state index contributed by atoms with van der Waals surface area (Å²) >= 11 is 0. The predicted molar refractivity (Wildman–Crippen MR) is 47.1 cm³/mol. The average molecular weight is 213 g/mol. The Hall–Kier alpha value is -0.210. The van der Waals surface area contributed by atoms with E-state index >= 15 is 0 Å². The van der Waals surface area contributed by atoms with E-state index in [1.807, 2.05) is 0 Å². The summed E-state index contributed by atoms with van der Waals surface area (Å²) in [5.74, 6) is 0. The van der Waals surface area contributed by atoms with Crippen LogP contribution >= 0.6 is 0 Å². The molecule has 7 heteroatoms. The van der Waals surface area contributed by atoms with Gasteiger partial charge in [0, 0.05) is 13.1 Å². The Kier molecular flexibility index (Phi) is 5.42. The van der Waals surface area contributed by atoms with E-state index < -0.39 is 10.4 Å². The predicted octanol–water partition coefficient (Wildman–Crippen LogP) is -0.270. The third kappa shape index (κ3) is 11.8. The van der Waals surface area contributed by atoms with Crippen LogP contribution in [0, 0.1) is 0 Å². The highest BCUT2D eigenvalue weighted by molar-refractivity contribution is 7.79. The van der Waals surface area contributed by atoms with Gasteiger partial charge < -0.3 is 10.1 Å². The van der Waals surface area contributed by atoms with Gasteiger partial charge in [-0.25, -0.2) is 0 Å². The third-order valence-corrected chi connectivity index (χ3v) is 1.33. The van der Waals surface area contributed by atoms with Crippen molar-refractivity contribution in [2.24, 2.45) is 0 Å². The highest BCUT2D eigenvalue weighted by atomic mass is 32.3. The molecular weight excluding hydrogens is 198 g/mol. The Morgan fingerprint density at radius 1 is 1.23 bits per heavy atom. The summed E-state index contributed by atoms with van der Waals surface area (Å²) < 4.78 is 37.0. The lowest BCUT2D eigenvalue weighted by Crippen LogP contribution is -2.41. The van der Waals surface area contributed by atoms with Gasteiger partial charge in [-0.15, -0.1) is 0 Å². The fourth-order valence-electron chi connectivity index (χ4n) is 0.983. The second-order valence-corrected chi connectivity index (χ2v) is 3.76. The van der Waals surface area contributed by atoms with E-state index in [-0.39, 0.29) is 0 Å². The van der Waals surface area contributed by atoms with Gasteiger partial charge in [-0.2, -0.15) is 8.42 Å². The number of hydrogen-bond acceptors (Lipinski definition) is 4. The Morgan fingerprint density at radius 2 is 1.54 bits per heavy atom. The molecule has 1 saturated heterocycles. The van der Waals surface area contributed by atoms with Crippen LogP contribution in [0.4, 0.5) is 0 Å². The van der Waals surface area contributed by atoms with Crippen LogP contribution in [-0.4, -0.2) is 42.8 Å². The maximum absolute atomic E-state index is 8.74. The van der Waals surface area contributed by atoms with Gasteiger partial charge in [0.1, 0.15) is 0 Å². The third-order valence-electron chi connectivity index (χ3n) is 1.33. The molecule has 2 atom stereocenters. The summed E-state index contributed by atoms with van der Waals surface area (Å²) in [6, 6.07) is 0. The summed E-state index contributed by atoms with van der Waals surface area (Å²) in [5, 5.41) is 3.26. The number of rotatable bonds is 0. The van der Waals surface area contributed by atoms with Crippen LogP contribution in [0.15, 0.2) is 0 Å². The van der Waals surface area contributed by atoms with Crippen molar-refractivity contribution in [3.63, 3.8) is 0 Å². The van der Waals surface area contributed by atoms with Crippen LogP contribution in [0.2, 0.25) is 0 Å². The largest absolute Gasteiger partial charge is 0.394 e. The van der Waals surface area contributed by atoms with Crippen molar-refractivity contribution in [2.75, 3.05) is 13.1 Å². The second-order valence-electron chi connectivity index (χ2n) is 2.86. The Morgan fingerprint density at radius 3 is 1.69 bits per heavy atom. The highest BCUT2D eigenvalue weighted by Crippen LogP contribution is 2.00. The maximum Gasteiger partial charge on any atom is 0.394 e. The molecule has 1 heterocycles. The molecule has 1 fully saturated rings. The van der Waals surface area contributed by atoms with Crippen LogP contribution in [0.5, 0.6) is 0 Å². The molecule has 0 bridgehead atoms. The van der Waals surface area contributed by atoms with Gasteiger partial charge in [0.15, 0.2) is 0 Å². The number of morpholine rings is 1.